The molecule has 1 aromatic rings. The third-order valence-corrected chi connectivity index (χ3v) is 5.48. The summed E-state index contributed by atoms with van der Waals surface area (Å²) >= 11 is 0. The highest BCUT2D eigenvalue weighted by Gasteiger charge is 2.32. The highest BCUT2D eigenvalue weighted by molar-refractivity contribution is 5.17. The Hall–Kier alpha value is -0.830. The number of rotatable bonds is 4. The molecule has 2 aliphatic carbocycles. The SMILES string of the molecule is CCCC1CCC(CN)C(n2cnc3c2CCCC3)C1. The fourth-order valence-corrected chi connectivity index (χ4v) is 4.36. The number of nitrogens with two attached hydrogens (primary N) is 1. The molecule has 0 bridgehead atoms. The van der Waals surface area contributed by atoms with Gasteiger partial charge in [-0.1, -0.05) is 19.8 Å². The van der Waals surface area contributed by atoms with Gasteiger partial charge in [-0.15, -0.1) is 0 Å². The van der Waals surface area contributed by atoms with Crippen molar-refractivity contribution in [3.05, 3.63) is 17.7 Å². The third-order valence-electron chi connectivity index (χ3n) is 5.48. The summed E-state index contributed by atoms with van der Waals surface area (Å²) in [5, 5.41) is 0. The zero-order chi connectivity index (χ0) is 13.9. The number of imidazole rings is 1. The topological polar surface area (TPSA) is 43.8 Å². The van der Waals surface area contributed by atoms with Crippen molar-refractivity contribution >= 4 is 0 Å². The van der Waals surface area contributed by atoms with Crippen molar-refractivity contribution < 1.29 is 0 Å². The largest absolute Gasteiger partial charge is 0.331 e. The average molecular weight is 275 g/mol. The first-order valence-corrected chi connectivity index (χ1v) is 8.58. The highest BCUT2D eigenvalue weighted by atomic mass is 15.1. The maximum Gasteiger partial charge on any atom is 0.0954 e. The number of nitrogens with zero attached hydrogens (tertiary/aromatic N) is 2. The van der Waals surface area contributed by atoms with E-state index in [4.69, 9.17) is 10.7 Å². The van der Waals surface area contributed by atoms with Crippen LogP contribution in [0, 0.1) is 11.8 Å². The van der Waals surface area contributed by atoms with Crippen LogP contribution in [0.2, 0.25) is 0 Å². The summed E-state index contributed by atoms with van der Waals surface area (Å²) in [5.74, 6) is 1.55. The smallest absolute Gasteiger partial charge is 0.0954 e. The van der Waals surface area contributed by atoms with Gasteiger partial charge in [0.25, 0.3) is 0 Å². The van der Waals surface area contributed by atoms with Gasteiger partial charge in [0.05, 0.1) is 12.0 Å². The molecule has 0 saturated heterocycles. The molecule has 1 aromatic heterocycles. The Morgan fingerprint density at radius 3 is 2.95 bits per heavy atom. The molecular weight excluding hydrogens is 246 g/mol. The maximum absolute atomic E-state index is 6.06. The molecule has 3 heteroatoms. The van der Waals surface area contributed by atoms with Gasteiger partial charge in [0.15, 0.2) is 0 Å². The van der Waals surface area contributed by atoms with Crippen LogP contribution in [0.25, 0.3) is 0 Å². The van der Waals surface area contributed by atoms with Gasteiger partial charge < -0.3 is 10.3 Å². The normalized spacial score (nSPS) is 30.2. The first-order valence-electron chi connectivity index (χ1n) is 8.58. The van der Waals surface area contributed by atoms with E-state index in [1.54, 1.807) is 0 Å². The van der Waals surface area contributed by atoms with Crippen LogP contribution in [-0.2, 0) is 12.8 Å². The second-order valence-corrected chi connectivity index (χ2v) is 6.78. The average Bonchev–Trinajstić information content (AvgIpc) is 2.91. The summed E-state index contributed by atoms with van der Waals surface area (Å²) < 4.78 is 2.52. The lowest BCUT2D eigenvalue weighted by Crippen LogP contribution is -2.33. The van der Waals surface area contributed by atoms with Crippen LogP contribution in [0.4, 0.5) is 0 Å². The van der Waals surface area contributed by atoms with Crippen molar-refractivity contribution in [3.63, 3.8) is 0 Å². The second kappa shape index (κ2) is 6.30. The van der Waals surface area contributed by atoms with Crippen molar-refractivity contribution in [3.8, 4) is 0 Å². The molecule has 3 rings (SSSR count). The molecular formula is C17H29N3. The molecule has 3 atom stereocenters. The number of hydrogen-bond acceptors (Lipinski definition) is 2. The lowest BCUT2D eigenvalue weighted by atomic mass is 9.76. The van der Waals surface area contributed by atoms with Gasteiger partial charge in [0, 0.05) is 11.7 Å². The molecule has 2 aliphatic rings. The number of hydrogen-bond donors (Lipinski definition) is 1. The zero-order valence-electron chi connectivity index (χ0n) is 12.9. The molecule has 3 nitrogen and oxygen atoms in total. The Balaban J connectivity index is 1.83. The third kappa shape index (κ3) is 2.65. The molecule has 1 heterocycles. The van der Waals surface area contributed by atoms with Gasteiger partial charge in [-0.3, -0.25) is 0 Å². The van der Waals surface area contributed by atoms with Gasteiger partial charge in [-0.05, 0) is 63.3 Å². The Morgan fingerprint density at radius 2 is 2.15 bits per heavy atom. The predicted molar refractivity (Wildman–Crippen MR) is 82.7 cm³/mol. The predicted octanol–water partition coefficient (Wildman–Crippen LogP) is 3.48. The molecule has 1 fully saturated rings. The minimum atomic E-state index is 0.611. The first-order chi connectivity index (χ1) is 9.83. The summed E-state index contributed by atoms with van der Waals surface area (Å²) in [6.07, 6.45) is 13.9. The fraction of sp³-hybridized carbons (Fsp3) is 0.824. The summed E-state index contributed by atoms with van der Waals surface area (Å²) in [6, 6.07) is 0.611. The lowest BCUT2D eigenvalue weighted by Gasteiger charge is -2.37. The van der Waals surface area contributed by atoms with Gasteiger partial charge in [-0.25, -0.2) is 4.98 Å². The van der Waals surface area contributed by atoms with E-state index in [1.165, 1.54) is 69.2 Å². The second-order valence-electron chi connectivity index (χ2n) is 6.78. The Kier molecular flexibility index (Phi) is 4.45. The minimum Gasteiger partial charge on any atom is -0.331 e. The quantitative estimate of drug-likeness (QED) is 0.914. The standard InChI is InChI=1S/C17H29N3/c1-2-5-13-8-9-14(11-18)17(10-13)20-12-19-15-6-3-4-7-16(15)20/h12-14,17H,2-11,18H2,1H3. The van der Waals surface area contributed by atoms with Crippen LogP contribution in [0.5, 0.6) is 0 Å². The Bertz CT molecular complexity index is 437. The summed E-state index contributed by atoms with van der Waals surface area (Å²) in [7, 11) is 0. The molecule has 20 heavy (non-hydrogen) atoms. The molecule has 112 valence electrons. The van der Waals surface area contributed by atoms with Crippen molar-refractivity contribution in [2.75, 3.05) is 6.54 Å². The molecule has 0 aliphatic heterocycles. The fourth-order valence-electron chi connectivity index (χ4n) is 4.36. The van der Waals surface area contributed by atoms with Crippen LogP contribution in [0.3, 0.4) is 0 Å². The molecule has 0 amide bonds. The maximum atomic E-state index is 6.06. The van der Waals surface area contributed by atoms with E-state index in [1.807, 2.05) is 0 Å². The van der Waals surface area contributed by atoms with E-state index in [2.05, 4.69) is 17.8 Å². The van der Waals surface area contributed by atoms with E-state index in [0.29, 0.717) is 12.0 Å². The first kappa shape index (κ1) is 14.1. The van der Waals surface area contributed by atoms with E-state index in [-0.39, 0.29) is 0 Å². The molecule has 2 N–H and O–H groups in total. The monoisotopic (exact) mass is 275 g/mol. The van der Waals surface area contributed by atoms with Gasteiger partial charge in [0.2, 0.25) is 0 Å². The van der Waals surface area contributed by atoms with Gasteiger partial charge in [0.1, 0.15) is 0 Å². The summed E-state index contributed by atoms with van der Waals surface area (Å²) in [4.78, 5) is 4.69. The van der Waals surface area contributed by atoms with E-state index < -0.39 is 0 Å². The molecule has 0 spiro atoms. The van der Waals surface area contributed by atoms with Crippen molar-refractivity contribution in [2.45, 2.75) is 70.8 Å². The molecule has 3 unspecified atom stereocenters. The lowest BCUT2D eigenvalue weighted by molar-refractivity contribution is 0.177. The molecule has 0 radical (unpaired) electrons. The number of aromatic nitrogens is 2. The number of aryl methyl sites for hydroxylation is 1. The summed E-state index contributed by atoms with van der Waals surface area (Å²) in [6.45, 7) is 3.14. The van der Waals surface area contributed by atoms with Gasteiger partial charge in [-0.2, -0.15) is 0 Å². The summed E-state index contributed by atoms with van der Waals surface area (Å²) in [5.41, 5.74) is 8.95. The van der Waals surface area contributed by atoms with Gasteiger partial charge >= 0.3 is 0 Å². The van der Waals surface area contributed by atoms with Crippen molar-refractivity contribution in [1.82, 2.24) is 9.55 Å². The minimum absolute atomic E-state index is 0.611. The van der Waals surface area contributed by atoms with E-state index in [0.717, 1.165) is 12.5 Å². The Morgan fingerprint density at radius 1 is 1.30 bits per heavy atom. The van der Waals surface area contributed by atoms with E-state index >= 15 is 0 Å². The van der Waals surface area contributed by atoms with Crippen LogP contribution in [-0.4, -0.2) is 16.1 Å². The number of fused-ring (bicyclic) bond motifs is 1. The van der Waals surface area contributed by atoms with E-state index in [9.17, 15) is 0 Å². The van der Waals surface area contributed by atoms with Crippen LogP contribution in [0.15, 0.2) is 6.33 Å². The van der Waals surface area contributed by atoms with Crippen molar-refractivity contribution in [2.24, 2.45) is 17.6 Å². The van der Waals surface area contributed by atoms with Crippen LogP contribution < -0.4 is 5.73 Å². The molecule has 1 saturated carbocycles. The highest BCUT2D eigenvalue weighted by Crippen LogP contribution is 2.40. The van der Waals surface area contributed by atoms with Crippen LogP contribution >= 0.6 is 0 Å². The Labute approximate surface area is 123 Å². The van der Waals surface area contributed by atoms with Crippen LogP contribution in [0.1, 0.15) is 69.3 Å². The van der Waals surface area contributed by atoms with Crippen molar-refractivity contribution in [1.29, 1.82) is 0 Å². The molecule has 0 aromatic carbocycles. The zero-order valence-corrected chi connectivity index (χ0v) is 12.9.